The van der Waals surface area contributed by atoms with Crippen LogP contribution in [0.4, 0.5) is 0 Å². The molecular weight excluding hydrogens is 460 g/mol. The molecule has 1 saturated heterocycles. The van der Waals surface area contributed by atoms with Crippen molar-refractivity contribution in [2.24, 2.45) is 0 Å². The Morgan fingerprint density at radius 3 is 2.63 bits per heavy atom. The molecule has 6 N–H and O–H groups in total. The van der Waals surface area contributed by atoms with Crippen LogP contribution in [0.3, 0.4) is 0 Å². The first-order chi connectivity index (χ1) is 16.7. The summed E-state index contributed by atoms with van der Waals surface area (Å²) in [6.07, 6.45) is 0.576. The monoisotopic (exact) mass is 490 g/mol. The van der Waals surface area contributed by atoms with Crippen molar-refractivity contribution in [2.45, 2.75) is 62.9 Å². The molecule has 2 aromatic rings. The smallest absolute Gasteiger partial charge is 0.364 e. The van der Waals surface area contributed by atoms with Crippen LogP contribution in [-0.4, -0.2) is 79.8 Å². The predicted octanol–water partition coefficient (Wildman–Crippen LogP) is 0.0373. The molecule has 5 unspecified atom stereocenters. The molecule has 1 amide bonds. The zero-order valence-electron chi connectivity index (χ0n) is 19.2. The first-order valence-corrected chi connectivity index (χ1v) is 11.2. The van der Waals surface area contributed by atoms with Crippen molar-refractivity contribution in [1.29, 1.82) is 0 Å². The van der Waals surface area contributed by atoms with E-state index in [1.54, 1.807) is 24.3 Å². The predicted molar refractivity (Wildman–Crippen MR) is 121 cm³/mol. The van der Waals surface area contributed by atoms with Crippen LogP contribution in [-0.2, 0) is 36.9 Å². The number of imidazole rings is 1. The maximum atomic E-state index is 12.2. The minimum atomic E-state index is -2.14. The van der Waals surface area contributed by atoms with Crippen LogP contribution in [0.2, 0.25) is 0 Å². The number of amides is 1. The van der Waals surface area contributed by atoms with Crippen LogP contribution >= 0.6 is 0 Å². The van der Waals surface area contributed by atoms with E-state index in [9.17, 15) is 29.7 Å². The molecule has 12 nitrogen and oxygen atoms in total. The van der Waals surface area contributed by atoms with Gasteiger partial charge in [0.25, 0.3) is 5.79 Å². The molecule has 1 aliphatic heterocycles. The minimum Gasteiger partial charge on any atom is -0.480 e. The molecule has 12 heteroatoms. The second kappa shape index (κ2) is 11.9. The van der Waals surface area contributed by atoms with Gasteiger partial charge in [-0.15, -0.1) is 0 Å². The standard InChI is InChI=1S/C23H30N4O8/c1-14(28)27-20-18(29)10-23(22(32)33,34-12-15-5-3-2-4-6-15)35-19(20)7-8-25-17(21(30)31)9-16-11-24-13-26-16/h2-6,11,13,17-20,25,29H,7-10,12H2,1H3,(H,24,26)(H,27,28)(H,30,31)(H,32,33). The molecule has 1 aromatic heterocycles. The van der Waals surface area contributed by atoms with E-state index in [-0.39, 0.29) is 26.0 Å². The molecule has 0 aliphatic carbocycles. The number of aliphatic carboxylic acids is 2. The Labute approximate surface area is 201 Å². The maximum Gasteiger partial charge on any atom is 0.364 e. The van der Waals surface area contributed by atoms with Gasteiger partial charge < -0.3 is 40.4 Å². The van der Waals surface area contributed by atoms with E-state index in [1.165, 1.54) is 19.4 Å². The Bertz CT molecular complexity index is 987. The highest BCUT2D eigenvalue weighted by atomic mass is 16.7. The normalized spacial score (nSPS) is 25.0. The summed E-state index contributed by atoms with van der Waals surface area (Å²) in [6, 6.07) is 7.07. The van der Waals surface area contributed by atoms with Crippen molar-refractivity contribution >= 4 is 17.8 Å². The summed E-state index contributed by atoms with van der Waals surface area (Å²) in [5.41, 5.74) is 1.35. The third-order valence-corrected chi connectivity index (χ3v) is 5.74. The summed E-state index contributed by atoms with van der Waals surface area (Å²) in [5.74, 6) is -5.05. The van der Waals surface area contributed by atoms with Gasteiger partial charge in [0.1, 0.15) is 6.04 Å². The van der Waals surface area contributed by atoms with Gasteiger partial charge in [-0.05, 0) is 18.5 Å². The van der Waals surface area contributed by atoms with Crippen LogP contribution < -0.4 is 10.6 Å². The van der Waals surface area contributed by atoms with Crippen LogP contribution in [0.15, 0.2) is 42.9 Å². The van der Waals surface area contributed by atoms with E-state index in [1.807, 2.05) is 6.07 Å². The van der Waals surface area contributed by atoms with Gasteiger partial charge in [0.05, 0.1) is 31.2 Å². The maximum absolute atomic E-state index is 12.2. The Balaban J connectivity index is 1.72. The Morgan fingerprint density at radius 1 is 1.29 bits per heavy atom. The van der Waals surface area contributed by atoms with Crippen molar-refractivity contribution in [3.05, 3.63) is 54.1 Å². The summed E-state index contributed by atoms with van der Waals surface area (Å²) in [7, 11) is 0. The topological polar surface area (TPSA) is 183 Å². The third-order valence-electron chi connectivity index (χ3n) is 5.74. The molecule has 0 saturated carbocycles. The van der Waals surface area contributed by atoms with Gasteiger partial charge in [0, 0.05) is 31.7 Å². The number of ether oxygens (including phenoxy) is 2. The molecule has 190 valence electrons. The van der Waals surface area contributed by atoms with Crippen molar-refractivity contribution in [1.82, 2.24) is 20.6 Å². The number of aromatic nitrogens is 2. The number of carbonyl (C=O) groups excluding carboxylic acids is 1. The highest BCUT2D eigenvalue weighted by molar-refractivity contribution is 5.76. The van der Waals surface area contributed by atoms with Gasteiger partial charge in [0.2, 0.25) is 5.91 Å². The van der Waals surface area contributed by atoms with Gasteiger partial charge in [0.15, 0.2) is 0 Å². The zero-order valence-corrected chi connectivity index (χ0v) is 19.2. The average Bonchev–Trinajstić information content (AvgIpc) is 3.32. The molecule has 0 spiro atoms. The molecular formula is C23H30N4O8. The number of benzene rings is 1. The number of rotatable bonds is 12. The quantitative estimate of drug-likeness (QED) is 0.237. The number of nitrogens with zero attached hydrogens (tertiary/aromatic N) is 1. The van der Waals surface area contributed by atoms with Gasteiger partial charge in [-0.25, -0.2) is 9.78 Å². The fraction of sp³-hybridized carbons (Fsp3) is 0.478. The van der Waals surface area contributed by atoms with E-state index in [0.29, 0.717) is 5.69 Å². The van der Waals surface area contributed by atoms with Gasteiger partial charge in [-0.3, -0.25) is 9.59 Å². The highest BCUT2D eigenvalue weighted by Gasteiger charge is 2.53. The number of carbonyl (C=O) groups is 3. The molecule has 3 rings (SSSR count). The number of nitrogens with one attached hydrogen (secondary N) is 3. The zero-order chi connectivity index (χ0) is 25.4. The van der Waals surface area contributed by atoms with Crippen molar-refractivity contribution in [3.63, 3.8) is 0 Å². The number of hydrogen-bond acceptors (Lipinski definition) is 8. The molecule has 5 atom stereocenters. The number of hydrogen-bond donors (Lipinski definition) is 6. The number of aliphatic hydroxyl groups excluding tert-OH is 1. The lowest BCUT2D eigenvalue weighted by atomic mass is 9.91. The van der Waals surface area contributed by atoms with Crippen LogP contribution in [0.1, 0.15) is 31.0 Å². The number of aliphatic hydroxyl groups is 1. The van der Waals surface area contributed by atoms with Gasteiger partial charge >= 0.3 is 11.9 Å². The minimum absolute atomic E-state index is 0.0685. The average molecular weight is 491 g/mol. The van der Waals surface area contributed by atoms with Gasteiger partial charge in [-0.1, -0.05) is 30.3 Å². The summed E-state index contributed by atoms with van der Waals surface area (Å²) < 4.78 is 11.6. The van der Waals surface area contributed by atoms with Crippen LogP contribution in [0, 0.1) is 0 Å². The van der Waals surface area contributed by atoms with Crippen molar-refractivity contribution < 1.29 is 39.2 Å². The molecule has 0 radical (unpaired) electrons. The summed E-state index contributed by atoms with van der Waals surface area (Å²) in [6.45, 7) is 1.31. The Hall–Kier alpha value is -3.32. The van der Waals surface area contributed by atoms with Crippen LogP contribution in [0.25, 0.3) is 0 Å². The molecule has 0 bridgehead atoms. The van der Waals surface area contributed by atoms with E-state index in [2.05, 4.69) is 20.6 Å². The largest absolute Gasteiger partial charge is 0.480 e. The molecule has 1 aliphatic rings. The van der Waals surface area contributed by atoms with Crippen molar-refractivity contribution in [2.75, 3.05) is 6.54 Å². The highest BCUT2D eigenvalue weighted by Crippen LogP contribution is 2.33. The number of carboxylic acids is 2. The number of H-pyrrole nitrogens is 1. The number of carboxylic acid groups (broad SMARTS) is 2. The fourth-order valence-electron chi connectivity index (χ4n) is 4.01. The van der Waals surface area contributed by atoms with E-state index < -0.39 is 54.3 Å². The molecule has 1 aromatic carbocycles. The first-order valence-electron chi connectivity index (χ1n) is 11.2. The third kappa shape index (κ3) is 7.09. The Morgan fingerprint density at radius 2 is 2.03 bits per heavy atom. The van der Waals surface area contributed by atoms with Gasteiger partial charge in [-0.2, -0.15) is 0 Å². The lowest BCUT2D eigenvalue weighted by Gasteiger charge is -2.44. The summed E-state index contributed by atoms with van der Waals surface area (Å²) >= 11 is 0. The second-order valence-corrected chi connectivity index (χ2v) is 8.40. The molecule has 1 fully saturated rings. The SMILES string of the molecule is CC(=O)NC1C(O)CC(OCc2ccccc2)(C(=O)O)OC1CCNC(Cc1cnc[nH]1)C(=O)O. The van der Waals surface area contributed by atoms with Crippen LogP contribution in [0.5, 0.6) is 0 Å². The lowest BCUT2D eigenvalue weighted by molar-refractivity contribution is -0.299. The summed E-state index contributed by atoms with van der Waals surface area (Å²) in [4.78, 5) is 42.3. The van der Waals surface area contributed by atoms with E-state index in [0.717, 1.165) is 5.56 Å². The second-order valence-electron chi connectivity index (χ2n) is 8.40. The van der Waals surface area contributed by atoms with E-state index in [4.69, 9.17) is 9.47 Å². The summed E-state index contributed by atoms with van der Waals surface area (Å²) in [5, 5.41) is 35.8. The first kappa shape index (κ1) is 26.3. The molecule has 2 heterocycles. The van der Waals surface area contributed by atoms with Crippen molar-refractivity contribution in [3.8, 4) is 0 Å². The van der Waals surface area contributed by atoms with E-state index >= 15 is 0 Å². The fourth-order valence-corrected chi connectivity index (χ4v) is 4.01. The number of aromatic amines is 1. The lowest BCUT2D eigenvalue weighted by Crippen LogP contribution is -2.64. The molecule has 35 heavy (non-hydrogen) atoms. The Kier molecular flexibility index (Phi) is 8.93.